The molecule has 0 bridgehead atoms. The molecule has 0 fully saturated rings. The van der Waals surface area contributed by atoms with Crippen molar-refractivity contribution in [1.82, 2.24) is 5.43 Å². The van der Waals surface area contributed by atoms with E-state index in [1.807, 2.05) is 30.3 Å². The molecule has 112 valence electrons. The SMILES string of the molecule is COc1ccc(CCC(NN)c2ccc(Br)c(Cl)c2)cc1. The Morgan fingerprint density at radius 3 is 2.52 bits per heavy atom. The lowest BCUT2D eigenvalue weighted by atomic mass is 9.99. The van der Waals surface area contributed by atoms with E-state index in [-0.39, 0.29) is 6.04 Å². The van der Waals surface area contributed by atoms with Crippen molar-refractivity contribution in [2.45, 2.75) is 18.9 Å². The number of ether oxygens (including phenoxy) is 1. The molecule has 3 N–H and O–H groups in total. The van der Waals surface area contributed by atoms with Gasteiger partial charge in [-0.05, 0) is 64.2 Å². The molecule has 0 saturated heterocycles. The van der Waals surface area contributed by atoms with E-state index in [0.717, 1.165) is 28.6 Å². The van der Waals surface area contributed by atoms with E-state index < -0.39 is 0 Å². The first-order chi connectivity index (χ1) is 10.1. The van der Waals surface area contributed by atoms with Gasteiger partial charge in [0.2, 0.25) is 0 Å². The highest BCUT2D eigenvalue weighted by molar-refractivity contribution is 9.10. The minimum atomic E-state index is 0.0673. The molecule has 0 aliphatic rings. The molecule has 5 heteroatoms. The Balaban J connectivity index is 2.02. The number of halogens is 2. The van der Waals surface area contributed by atoms with Gasteiger partial charge in [-0.2, -0.15) is 0 Å². The summed E-state index contributed by atoms with van der Waals surface area (Å²) >= 11 is 9.53. The first-order valence-electron chi connectivity index (χ1n) is 6.68. The number of methoxy groups -OCH3 is 1. The zero-order valence-corrected chi connectivity index (χ0v) is 14.1. The summed E-state index contributed by atoms with van der Waals surface area (Å²) < 4.78 is 6.05. The largest absolute Gasteiger partial charge is 0.497 e. The molecule has 21 heavy (non-hydrogen) atoms. The van der Waals surface area contributed by atoms with Crippen molar-refractivity contribution < 1.29 is 4.74 Å². The zero-order chi connectivity index (χ0) is 15.2. The van der Waals surface area contributed by atoms with Crippen LogP contribution >= 0.6 is 27.5 Å². The Morgan fingerprint density at radius 2 is 1.95 bits per heavy atom. The normalized spacial score (nSPS) is 12.2. The monoisotopic (exact) mass is 368 g/mol. The van der Waals surface area contributed by atoms with E-state index in [1.165, 1.54) is 5.56 Å². The van der Waals surface area contributed by atoms with Gasteiger partial charge in [-0.1, -0.05) is 29.8 Å². The van der Waals surface area contributed by atoms with Crippen LogP contribution in [0.3, 0.4) is 0 Å². The van der Waals surface area contributed by atoms with Crippen LogP contribution in [-0.2, 0) is 6.42 Å². The Kier molecular flexibility index (Phi) is 6.06. The molecule has 1 atom stereocenters. The van der Waals surface area contributed by atoms with Gasteiger partial charge in [0, 0.05) is 10.5 Å². The number of hydrazine groups is 1. The van der Waals surface area contributed by atoms with Gasteiger partial charge in [-0.15, -0.1) is 0 Å². The van der Waals surface area contributed by atoms with E-state index in [2.05, 4.69) is 33.5 Å². The average Bonchev–Trinajstić information content (AvgIpc) is 2.52. The summed E-state index contributed by atoms with van der Waals surface area (Å²) in [4.78, 5) is 0. The molecule has 0 amide bonds. The second kappa shape index (κ2) is 7.80. The third-order valence-corrected chi connectivity index (χ3v) is 4.66. The predicted octanol–water partition coefficient (Wildman–Crippen LogP) is 4.25. The third-order valence-electron chi connectivity index (χ3n) is 3.43. The number of hydrogen-bond acceptors (Lipinski definition) is 3. The number of nitrogens with two attached hydrogens (primary N) is 1. The Bertz CT molecular complexity index is 589. The lowest BCUT2D eigenvalue weighted by molar-refractivity contribution is 0.414. The summed E-state index contributed by atoms with van der Waals surface area (Å²) in [6.45, 7) is 0. The Labute approximate surface area is 138 Å². The van der Waals surface area contributed by atoms with Crippen LogP contribution < -0.4 is 16.0 Å². The van der Waals surface area contributed by atoms with Crippen molar-refractivity contribution in [3.8, 4) is 5.75 Å². The number of nitrogens with one attached hydrogen (secondary N) is 1. The molecule has 0 radical (unpaired) electrons. The molecule has 0 aliphatic heterocycles. The predicted molar refractivity (Wildman–Crippen MR) is 90.5 cm³/mol. The van der Waals surface area contributed by atoms with Crippen LogP contribution in [0.5, 0.6) is 5.75 Å². The fourth-order valence-corrected chi connectivity index (χ4v) is 2.61. The van der Waals surface area contributed by atoms with Crippen LogP contribution in [0.2, 0.25) is 5.02 Å². The Hall–Kier alpha value is -1.07. The van der Waals surface area contributed by atoms with E-state index in [1.54, 1.807) is 7.11 Å². The number of benzene rings is 2. The number of hydrogen-bond donors (Lipinski definition) is 2. The smallest absolute Gasteiger partial charge is 0.118 e. The molecule has 0 heterocycles. The van der Waals surface area contributed by atoms with Crippen molar-refractivity contribution in [1.29, 1.82) is 0 Å². The van der Waals surface area contributed by atoms with Crippen LogP contribution in [0.25, 0.3) is 0 Å². The maximum Gasteiger partial charge on any atom is 0.118 e. The fourth-order valence-electron chi connectivity index (χ4n) is 2.18. The van der Waals surface area contributed by atoms with E-state index in [0.29, 0.717) is 5.02 Å². The van der Waals surface area contributed by atoms with Gasteiger partial charge in [-0.3, -0.25) is 11.3 Å². The molecular formula is C16H18BrClN2O. The third kappa shape index (κ3) is 4.45. The highest BCUT2D eigenvalue weighted by Gasteiger charge is 2.11. The lowest BCUT2D eigenvalue weighted by Gasteiger charge is -2.17. The van der Waals surface area contributed by atoms with Gasteiger partial charge in [0.15, 0.2) is 0 Å². The second-order valence-corrected chi connectivity index (χ2v) is 6.04. The van der Waals surface area contributed by atoms with Crippen LogP contribution in [0.1, 0.15) is 23.6 Å². The zero-order valence-electron chi connectivity index (χ0n) is 11.8. The molecule has 1 unspecified atom stereocenters. The lowest BCUT2D eigenvalue weighted by Crippen LogP contribution is -2.28. The van der Waals surface area contributed by atoms with Crippen molar-refractivity contribution in [3.63, 3.8) is 0 Å². The van der Waals surface area contributed by atoms with Crippen LogP contribution in [0, 0.1) is 0 Å². The van der Waals surface area contributed by atoms with Gasteiger partial charge in [-0.25, -0.2) is 0 Å². The molecule has 2 rings (SSSR count). The quantitative estimate of drug-likeness (QED) is 0.591. The van der Waals surface area contributed by atoms with Crippen LogP contribution in [0.15, 0.2) is 46.9 Å². The maximum absolute atomic E-state index is 6.14. The van der Waals surface area contributed by atoms with Gasteiger partial charge < -0.3 is 4.74 Å². The summed E-state index contributed by atoms with van der Waals surface area (Å²) in [5, 5.41) is 0.692. The molecular weight excluding hydrogens is 352 g/mol. The number of rotatable bonds is 6. The average molecular weight is 370 g/mol. The highest BCUT2D eigenvalue weighted by atomic mass is 79.9. The number of aryl methyl sites for hydroxylation is 1. The molecule has 2 aromatic carbocycles. The van der Waals surface area contributed by atoms with Crippen LogP contribution in [-0.4, -0.2) is 7.11 Å². The van der Waals surface area contributed by atoms with Gasteiger partial charge >= 0.3 is 0 Å². The summed E-state index contributed by atoms with van der Waals surface area (Å²) in [6.07, 6.45) is 1.81. The van der Waals surface area contributed by atoms with Crippen molar-refractivity contribution in [3.05, 3.63) is 63.1 Å². The van der Waals surface area contributed by atoms with E-state index in [9.17, 15) is 0 Å². The van der Waals surface area contributed by atoms with Crippen molar-refractivity contribution in [2.24, 2.45) is 5.84 Å². The highest BCUT2D eigenvalue weighted by Crippen LogP contribution is 2.27. The molecule has 2 aromatic rings. The minimum absolute atomic E-state index is 0.0673. The van der Waals surface area contributed by atoms with Gasteiger partial charge in [0.25, 0.3) is 0 Å². The first kappa shape index (κ1) is 16.3. The summed E-state index contributed by atoms with van der Waals surface area (Å²) in [5.74, 6) is 6.55. The molecule has 0 saturated carbocycles. The van der Waals surface area contributed by atoms with E-state index >= 15 is 0 Å². The molecule has 0 spiro atoms. The Morgan fingerprint density at radius 1 is 1.24 bits per heavy atom. The first-order valence-corrected chi connectivity index (χ1v) is 7.85. The summed E-state index contributed by atoms with van der Waals surface area (Å²) in [6, 6.07) is 14.0. The molecule has 3 nitrogen and oxygen atoms in total. The van der Waals surface area contributed by atoms with E-state index in [4.69, 9.17) is 22.2 Å². The standard InChI is InChI=1S/C16H18BrClN2O/c1-21-13-6-2-11(3-7-13)4-9-16(20-19)12-5-8-14(17)15(18)10-12/h2-3,5-8,10,16,20H,4,9,19H2,1H3. The van der Waals surface area contributed by atoms with Crippen molar-refractivity contribution >= 4 is 27.5 Å². The summed E-state index contributed by atoms with van der Waals surface area (Å²) in [7, 11) is 1.67. The maximum atomic E-state index is 6.14. The second-order valence-electron chi connectivity index (χ2n) is 4.78. The minimum Gasteiger partial charge on any atom is -0.497 e. The van der Waals surface area contributed by atoms with Crippen molar-refractivity contribution in [2.75, 3.05) is 7.11 Å². The summed E-state index contributed by atoms with van der Waals surface area (Å²) in [5.41, 5.74) is 5.19. The topological polar surface area (TPSA) is 47.3 Å². The van der Waals surface area contributed by atoms with Crippen LogP contribution in [0.4, 0.5) is 0 Å². The van der Waals surface area contributed by atoms with Gasteiger partial charge in [0.1, 0.15) is 5.75 Å². The molecule has 0 aromatic heterocycles. The fraction of sp³-hybridized carbons (Fsp3) is 0.250. The molecule has 0 aliphatic carbocycles. The van der Waals surface area contributed by atoms with Gasteiger partial charge in [0.05, 0.1) is 12.1 Å².